The second-order valence-electron chi connectivity index (χ2n) is 5.31. The Morgan fingerprint density at radius 2 is 2.14 bits per heavy atom. The minimum atomic E-state index is -0.892. The molecular formula is C15H16FNO3S. The number of ether oxygens (including phenoxy) is 1. The Labute approximate surface area is 125 Å². The van der Waals surface area contributed by atoms with Gasteiger partial charge >= 0.3 is 0 Å². The van der Waals surface area contributed by atoms with Gasteiger partial charge in [-0.2, -0.15) is 0 Å². The first-order chi connectivity index (χ1) is 10.1. The Morgan fingerprint density at radius 3 is 2.90 bits per heavy atom. The summed E-state index contributed by atoms with van der Waals surface area (Å²) in [6, 6.07) is 6.13. The molecule has 3 rings (SSSR count). The van der Waals surface area contributed by atoms with Gasteiger partial charge in [-0.05, 0) is 29.7 Å². The molecule has 1 fully saturated rings. The molecule has 6 heteroatoms. The van der Waals surface area contributed by atoms with E-state index in [0.29, 0.717) is 30.9 Å². The average molecular weight is 309 g/mol. The Morgan fingerprint density at radius 1 is 1.38 bits per heavy atom. The van der Waals surface area contributed by atoms with Gasteiger partial charge in [0.05, 0.1) is 10.5 Å². The lowest BCUT2D eigenvalue weighted by Gasteiger charge is -2.31. The predicted molar refractivity (Wildman–Crippen MR) is 79.1 cm³/mol. The first kappa shape index (κ1) is 14.4. The molecule has 1 aliphatic heterocycles. The van der Waals surface area contributed by atoms with E-state index in [0.717, 1.165) is 10.1 Å². The van der Waals surface area contributed by atoms with Gasteiger partial charge in [-0.3, -0.25) is 4.79 Å². The van der Waals surface area contributed by atoms with Crippen molar-refractivity contribution in [1.29, 1.82) is 0 Å². The Hall–Kier alpha value is -1.50. The average Bonchev–Trinajstić information content (AvgIpc) is 2.88. The summed E-state index contributed by atoms with van der Waals surface area (Å²) in [7, 11) is 0. The number of aliphatic hydroxyl groups is 1. The molecule has 4 nitrogen and oxygen atoms in total. The number of amides is 1. The van der Waals surface area contributed by atoms with Crippen molar-refractivity contribution in [2.24, 2.45) is 0 Å². The zero-order valence-corrected chi connectivity index (χ0v) is 12.2. The van der Waals surface area contributed by atoms with Crippen molar-refractivity contribution in [3.8, 4) is 0 Å². The minimum absolute atomic E-state index is 0.206. The Bertz CT molecular complexity index is 664. The van der Waals surface area contributed by atoms with Gasteiger partial charge in [0, 0.05) is 37.3 Å². The SMILES string of the molecule is O=C(NCC1(O)CCOCC1)c1cc2cc(F)ccc2s1. The van der Waals surface area contributed by atoms with Gasteiger partial charge in [-0.25, -0.2) is 4.39 Å². The number of carbonyl (C=O) groups is 1. The van der Waals surface area contributed by atoms with Crippen LogP contribution in [0, 0.1) is 5.82 Å². The number of hydrogen-bond acceptors (Lipinski definition) is 4. The number of thiophene rings is 1. The summed E-state index contributed by atoms with van der Waals surface area (Å²) in [5.41, 5.74) is -0.892. The topological polar surface area (TPSA) is 58.6 Å². The van der Waals surface area contributed by atoms with Crippen LogP contribution in [0.3, 0.4) is 0 Å². The lowest BCUT2D eigenvalue weighted by Crippen LogP contribution is -2.46. The number of rotatable bonds is 3. The van der Waals surface area contributed by atoms with Crippen LogP contribution >= 0.6 is 11.3 Å². The summed E-state index contributed by atoms with van der Waals surface area (Å²) < 4.78 is 19.2. The standard InChI is InChI=1S/C15H16FNO3S/c16-11-1-2-12-10(7-11)8-13(21-12)14(18)17-9-15(19)3-5-20-6-4-15/h1-2,7-8,19H,3-6,9H2,(H,17,18). The Balaban J connectivity index is 1.69. The van der Waals surface area contributed by atoms with Crippen LogP contribution in [0.15, 0.2) is 24.3 Å². The van der Waals surface area contributed by atoms with Gasteiger partial charge in [0.25, 0.3) is 5.91 Å². The highest BCUT2D eigenvalue weighted by Crippen LogP contribution is 2.26. The third-order valence-corrected chi connectivity index (χ3v) is 4.82. The third-order valence-electron chi connectivity index (χ3n) is 3.70. The summed E-state index contributed by atoms with van der Waals surface area (Å²) in [6.07, 6.45) is 1.04. The van der Waals surface area contributed by atoms with Crippen LogP contribution < -0.4 is 5.32 Å². The van der Waals surface area contributed by atoms with E-state index < -0.39 is 5.60 Å². The molecule has 1 aromatic carbocycles. The molecule has 0 bridgehead atoms. The lowest BCUT2D eigenvalue weighted by atomic mass is 9.94. The summed E-state index contributed by atoms with van der Waals surface area (Å²) in [5, 5.41) is 13.8. The fourth-order valence-corrected chi connectivity index (χ4v) is 3.35. The first-order valence-corrected chi connectivity index (χ1v) is 7.65. The molecule has 0 spiro atoms. The van der Waals surface area contributed by atoms with E-state index in [-0.39, 0.29) is 18.3 Å². The van der Waals surface area contributed by atoms with E-state index in [4.69, 9.17) is 4.74 Å². The summed E-state index contributed by atoms with van der Waals surface area (Å²) in [6.45, 7) is 1.22. The fourth-order valence-electron chi connectivity index (χ4n) is 2.39. The molecule has 1 amide bonds. The second-order valence-corrected chi connectivity index (χ2v) is 6.40. The molecule has 21 heavy (non-hydrogen) atoms. The van der Waals surface area contributed by atoms with Gasteiger partial charge in [-0.15, -0.1) is 11.3 Å². The molecule has 0 aliphatic carbocycles. The molecule has 0 unspecified atom stereocenters. The normalized spacial score (nSPS) is 17.8. The zero-order valence-electron chi connectivity index (χ0n) is 11.4. The van der Waals surface area contributed by atoms with Crippen molar-refractivity contribution in [2.75, 3.05) is 19.8 Å². The zero-order chi connectivity index (χ0) is 14.9. The molecule has 0 atom stereocenters. The third kappa shape index (κ3) is 3.23. The van der Waals surface area contributed by atoms with Crippen LogP contribution in [0.25, 0.3) is 10.1 Å². The van der Waals surface area contributed by atoms with Gasteiger partial charge in [0.1, 0.15) is 5.82 Å². The second kappa shape index (κ2) is 5.71. The van der Waals surface area contributed by atoms with E-state index in [1.54, 1.807) is 12.1 Å². The number of nitrogens with one attached hydrogen (secondary N) is 1. The number of benzene rings is 1. The quantitative estimate of drug-likeness (QED) is 0.915. The maximum Gasteiger partial charge on any atom is 0.261 e. The molecular weight excluding hydrogens is 293 g/mol. The molecule has 1 aromatic heterocycles. The van der Waals surface area contributed by atoms with Crippen molar-refractivity contribution < 1.29 is 19.0 Å². The smallest absolute Gasteiger partial charge is 0.261 e. The van der Waals surface area contributed by atoms with E-state index in [2.05, 4.69) is 5.32 Å². The number of hydrogen-bond donors (Lipinski definition) is 2. The monoisotopic (exact) mass is 309 g/mol. The molecule has 1 saturated heterocycles. The van der Waals surface area contributed by atoms with Crippen LogP contribution in [-0.4, -0.2) is 36.4 Å². The van der Waals surface area contributed by atoms with Crippen LogP contribution in [-0.2, 0) is 4.74 Å². The summed E-state index contributed by atoms with van der Waals surface area (Å²) in [5.74, 6) is -0.555. The van der Waals surface area contributed by atoms with Crippen molar-refractivity contribution in [1.82, 2.24) is 5.32 Å². The maximum atomic E-state index is 13.1. The highest BCUT2D eigenvalue weighted by atomic mass is 32.1. The van der Waals surface area contributed by atoms with Crippen molar-refractivity contribution in [3.63, 3.8) is 0 Å². The number of fused-ring (bicyclic) bond motifs is 1. The predicted octanol–water partition coefficient (Wildman–Crippen LogP) is 2.31. The van der Waals surface area contributed by atoms with Crippen LogP contribution in [0.5, 0.6) is 0 Å². The molecule has 1 aliphatic rings. The first-order valence-electron chi connectivity index (χ1n) is 6.83. The van der Waals surface area contributed by atoms with E-state index in [9.17, 15) is 14.3 Å². The molecule has 2 N–H and O–H groups in total. The van der Waals surface area contributed by atoms with Crippen molar-refractivity contribution in [2.45, 2.75) is 18.4 Å². The molecule has 0 radical (unpaired) electrons. The highest BCUT2D eigenvalue weighted by Gasteiger charge is 2.30. The van der Waals surface area contributed by atoms with Gasteiger partial charge in [0.15, 0.2) is 0 Å². The van der Waals surface area contributed by atoms with Crippen LogP contribution in [0.4, 0.5) is 4.39 Å². The molecule has 2 heterocycles. The summed E-state index contributed by atoms with van der Waals surface area (Å²) >= 11 is 1.31. The number of carbonyl (C=O) groups excluding carboxylic acids is 1. The Kier molecular flexibility index (Phi) is 3.93. The molecule has 2 aromatic rings. The van der Waals surface area contributed by atoms with E-state index in [1.807, 2.05) is 0 Å². The fraction of sp³-hybridized carbons (Fsp3) is 0.400. The van der Waals surface area contributed by atoms with Crippen molar-refractivity contribution >= 4 is 27.3 Å². The van der Waals surface area contributed by atoms with Gasteiger partial charge in [0.2, 0.25) is 0 Å². The van der Waals surface area contributed by atoms with Gasteiger partial charge in [-0.1, -0.05) is 0 Å². The van der Waals surface area contributed by atoms with Crippen LogP contribution in [0.1, 0.15) is 22.5 Å². The molecule has 0 saturated carbocycles. The van der Waals surface area contributed by atoms with Gasteiger partial charge < -0.3 is 15.2 Å². The van der Waals surface area contributed by atoms with E-state index in [1.165, 1.54) is 23.5 Å². The van der Waals surface area contributed by atoms with Crippen LogP contribution in [0.2, 0.25) is 0 Å². The highest BCUT2D eigenvalue weighted by molar-refractivity contribution is 7.20. The number of halogens is 1. The largest absolute Gasteiger partial charge is 0.388 e. The molecule has 112 valence electrons. The van der Waals surface area contributed by atoms with E-state index >= 15 is 0 Å². The van der Waals surface area contributed by atoms with Crippen molar-refractivity contribution in [3.05, 3.63) is 35.0 Å². The maximum absolute atomic E-state index is 13.1. The lowest BCUT2D eigenvalue weighted by molar-refractivity contribution is -0.0605. The summed E-state index contributed by atoms with van der Waals surface area (Å²) in [4.78, 5) is 12.7. The minimum Gasteiger partial charge on any atom is -0.388 e.